The maximum Gasteiger partial charge on any atom is 0.363 e. The lowest BCUT2D eigenvalue weighted by Gasteiger charge is -2.24. The van der Waals surface area contributed by atoms with E-state index in [0.29, 0.717) is 25.7 Å². The maximum absolute atomic E-state index is 13.1. The first-order valence-electron chi connectivity index (χ1n) is 10.3. The van der Waals surface area contributed by atoms with E-state index in [4.69, 9.17) is 18.3 Å². The number of carbonyl (C=O) groups excluding carboxylic acids is 2. The Morgan fingerprint density at radius 3 is 1.45 bits per heavy atom. The van der Waals surface area contributed by atoms with Crippen LogP contribution in [0.1, 0.15) is 77.0 Å². The van der Waals surface area contributed by atoms with E-state index in [9.17, 15) is 18.7 Å². The first-order chi connectivity index (χ1) is 13.9. The van der Waals surface area contributed by atoms with Crippen LogP contribution in [0.2, 0.25) is 0 Å². The Morgan fingerprint density at radius 2 is 1.00 bits per heavy atom. The van der Waals surface area contributed by atoms with Crippen molar-refractivity contribution in [2.45, 2.75) is 77.0 Å². The second-order valence-electron chi connectivity index (χ2n) is 7.30. The molecule has 10 nitrogen and oxygen atoms in total. The van der Waals surface area contributed by atoms with E-state index in [1.165, 1.54) is 0 Å². The van der Waals surface area contributed by atoms with Crippen LogP contribution >= 0.6 is 15.2 Å². The van der Waals surface area contributed by atoms with E-state index in [1.807, 2.05) is 0 Å². The Labute approximate surface area is 171 Å². The van der Waals surface area contributed by atoms with Crippen LogP contribution in [0.3, 0.4) is 0 Å². The summed E-state index contributed by atoms with van der Waals surface area (Å²) in [6, 6.07) is 0. The lowest BCUT2D eigenvalue weighted by atomic mass is 10.1. The minimum Gasteiger partial charge on any atom is -0.307 e. The second-order valence-corrected chi connectivity index (χ2v) is 11.8. The van der Waals surface area contributed by atoms with Crippen molar-refractivity contribution in [3.05, 3.63) is 0 Å². The highest BCUT2D eigenvalue weighted by molar-refractivity contribution is 7.71. The molecule has 2 fully saturated rings. The summed E-state index contributed by atoms with van der Waals surface area (Å²) in [5.41, 5.74) is 4.26. The normalized spacial score (nSPS) is 32.4. The van der Waals surface area contributed by atoms with E-state index < -0.39 is 32.9 Å². The molecule has 0 aromatic rings. The minimum atomic E-state index is -4.03. The Hall–Kier alpha value is -0.760. The topological polar surface area (TPSA) is 129 Å². The smallest absolute Gasteiger partial charge is 0.307 e. The van der Waals surface area contributed by atoms with Gasteiger partial charge in [-0.2, -0.15) is 9.25 Å². The van der Waals surface area contributed by atoms with E-state index in [-0.39, 0.29) is 26.1 Å². The van der Waals surface area contributed by atoms with Crippen LogP contribution in [0.25, 0.3) is 0 Å². The largest absolute Gasteiger partial charge is 0.363 e. The van der Waals surface area contributed by atoms with Crippen molar-refractivity contribution >= 4 is 27.0 Å². The van der Waals surface area contributed by atoms with Crippen LogP contribution in [0.4, 0.5) is 0 Å². The molecule has 2 rings (SSSR count). The van der Waals surface area contributed by atoms with Crippen LogP contribution in [0.15, 0.2) is 0 Å². The fourth-order valence-corrected chi connectivity index (χ4v) is 7.20. The zero-order valence-electron chi connectivity index (χ0n) is 16.8. The summed E-state index contributed by atoms with van der Waals surface area (Å²) in [6.07, 6.45) is 8.65. The van der Waals surface area contributed by atoms with Gasteiger partial charge in [-0.15, -0.1) is 0 Å². The molecule has 2 aliphatic heterocycles. The minimum absolute atomic E-state index is 0.125. The zero-order valence-corrected chi connectivity index (χ0v) is 18.6. The molecular formula is C17H32N2O8P2. The lowest BCUT2D eigenvalue weighted by Crippen LogP contribution is -2.26. The van der Waals surface area contributed by atoms with Crippen molar-refractivity contribution in [1.29, 1.82) is 0 Å². The Balaban J connectivity index is 2.06. The van der Waals surface area contributed by atoms with Gasteiger partial charge in [-0.25, -0.2) is 11.0 Å². The predicted molar refractivity (Wildman–Crippen MR) is 106 cm³/mol. The number of nitrogens with one attached hydrogen (secondary N) is 2. The predicted octanol–water partition coefficient (Wildman–Crippen LogP) is 4.17. The molecule has 2 amide bonds. The fraction of sp³-hybridized carbons (Fsp3) is 0.882. The third kappa shape index (κ3) is 10.2. The number of hydrogen-bond acceptors (Lipinski definition) is 8. The molecule has 0 radical (unpaired) electrons. The average Bonchev–Trinajstić information content (AvgIpc) is 2.67. The third-order valence-corrected chi connectivity index (χ3v) is 9.28. The summed E-state index contributed by atoms with van der Waals surface area (Å²) in [4.78, 5) is 23.7. The molecule has 12 heteroatoms. The summed E-state index contributed by atoms with van der Waals surface area (Å²) in [6.45, 7) is 0.249. The number of carbonyl (C=O) groups is 2. The molecule has 0 spiro atoms. The van der Waals surface area contributed by atoms with Crippen molar-refractivity contribution < 1.29 is 37.0 Å². The van der Waals surface area contributed by atoms with Gasteiger partial charge < -0.3 is 9.05 Å². The van der Waals surface area contributed by atoms with Gasteiger partial charge in [0.25, 0.3) is 0 Å². The summed E-state index contributed by atoms with van der Waals surface area (Å²) in [7, 11) is -8.06. The van der Waals surface area contributed by atoms with Gasteiger partial charge in [0.1, 0.15) is 0 Å². The van der Waals surface area contributed by atoms with Crippen molar-refractivity contribution in [3.63, 3.8) is 0 Å². The monoisotopic (exact) mass is 454 g/mol. The molecule has 0 saturated carbocycles. The lowest BCUT2D eigenvalue weighted by molar-refractivity contribution is -0.128. The number of amides is 2. The Kier molecular flexibility index (Phi) is 10.8. The Bertz CT molecular complexity index is 579. The van der Waals surface area contributed by atoms with Crippen molar-refractivity contribution in [3.8, 4) is 0 Å². The van der Waals surface area contributed by atoms with Crippen LogP contribution in [0, 0.1) is 0 Å². The first-order valence-corrected chi connectivity index (χ1v) is 13.8. The van der Waals surface area contributed by atoms with Crippen LogP contribution in [-0.2, 0) is 37.0 Å². The van der Waals surface area contributed by atoms with Crippen LogP contribution < -0.4 is 11.0 Å². The summed E-state index contributed by atoms with van der Waals surface area (Å²) < 4.78 is 47.2. The zero-order chi connectivity index (χ0) is 21.0. The molecule has 0 aliphatic carbocycles. The molecule has 2 N–H and O–H groups in total. The van der Waals surface area contributed by atoms with Gasteiger partial charge in [0.2, 0.25) is 11.8 Å². The quantitative estimate of drug-likeness (QED) is 0.595. The molecule has 2 heterocycles. The summed E-state index contributed by atoms with van der Waals surface area (Å²) >= 11 is 0. The highest BCUT2D eigenvalue weighted by atomic mass is 31.2. The molecule has 0 bridgehead atoms. The maximum atomic E-state index is 13.1. The van der Waals surface area contributed by atoms with Crippen molar-refractivity contribution in [2.75, 3.05) is 19.1 Å². The molecule has 0 aromatic carbocycles. The van der Waals surface area contributed by atoms with E-state index >= 15 is 0 Å². The van der Waals surface area contributed by atoms with Crippen LogP contribution in [-0.4, -0.2) is 30.9 Å². The second kappa shape index (κ2) is 12.8. The number of hydroxylamine groups is 2. The number of hydrogen-bond donors (Lipinski definition) is 2. The van der Waals surface area contributed by atoms with Gasteiger partial charge in [0, 0.05) is 12.8 Å². The first kappa shape index (κ1) is 24.5. The standard InChI is InChI=1S/C17H32N2O8P2/c20-16-11-7-3-1-5-9-13-24-28(22,26-18-16)15-29(23)25-14-10-6-2-4-8-12-17(21)19-27-29/h1-15H2,(H,18,20)(H,19,21). The number of rotatable bonds is 2. The van der Waals surface area contributed by atoms with Crippen molar-refractivity contribution in [2.24, 2.45) is 0 Å². The van der Waals surface area contributed by atoms with Crippen LogP contribution in [0.5, 0.6) is 0 Å². The van der Waals surface area contributed by atoms with Gasteiger partial charge in [-0.1, -0.05) is 38.5 Å². The molecular weight excluding hydrogens is 422 g/mol. The third-order valence-electron chi connectivity index (χ3n) is 4.62. The highest BCUT2D eigenvalue weighted by Crippen LogP contribution is 2.63. The van der Waals surface area contributed by atoms with Gasteiger partial charge in [-0.05, 0) is 25.7 Å². The SMILES string of the molecule is O=C1CCCCCCCOP(=O)(CP2(=O)OCCCCCCCC(=O)NO2)ON1. The summed E-state index contributed by atoms with van der Waals surface area (Å²) in [5.74, 6) is -1.57. The van der Waals surface area contributed by atoms with Gasteiger partial charge in [0.15, 0.2) is 5.90 Å². The molecule has 2 aliphatic rings. The molecule has 168 valence electrons. The average molecular weight is 454 g/mol. The molecule has 2 atom stereocenters. The molecule has 2 saturated heterocycles. The molecule has 29 heavy (non-hydrogen) atoms. The highest BCUT2D eigenvalue weighted by Gasteiger charge is 2.41. The summed E-state index contributed by atoms with van der Waals surface area (Å²) in [5, 5.41) is 0. The van der Waals surface area contributed by atoms with E-state index in [1.54, 1.807) is 0 Å². The fourth-order valence-electron chi connectivity index (χ4n) is 2.99. The van der Waals surface area contributed by atoms with Gasteiger partial charge in [0.05, 0.1) is 13.2 Å². The van der Waals surface area contributed by atoms with Gasteiger partial charge in [-0.3, -0.25) is 18.7 Å². The van der Waals surface area contributed by atoms with E-state index in [2.05, 4.69) is 11.0 Å². The Morgan fingerprint density at radius 1 is 0.621 bits per heavy atom. The van der Waals surface area contributed by atoms with E-state index in [0.717, 1.165) is 38.5 Å². The van der Waals surface area contributed by atoms with Gasteiger partial charge >= 0.3 is 15.2 Å². The van der Waals surface area contributed by atoms with Crippen molar-refractivity contribution in [1.82, 2.24) is 11.0 Å². The molecule has 0 aromatic heterocycles. The molecule has 2 unspecified atom stereocenters.